The summed E-state index contributed by atoms with van der Waals surface area (Å²) in [6.07, 6.45) is -2.00. The summed E-state index contributed by atoms with van der Waals surface area (Å²) in [5.74, 6) is -0.535. The van der Waals surface area contributed by atoms with Crippen LogP contribution in [-0.2, 0) is 4.74 Å². The molecule has 10 nitrogen and oxygen atoms in total. The number of nitrogen functional groups attached to an aromatic ring is 1. The normalized spacial score (nSPS) is 18.1. The van der Waals surface area contributed by atoms with E-state index >= 15 is 4.39 Å². The largest absolute Gasteiger partial charge is 0.514 e. The Labute approximate surface area is 211 Å². The van der Waals surface area contributed by atoms with Gasteiger partial charge in [0.2, 0.25) is 5.06 Å². The van der Waals surface area contributed by atoms with Crippen molar-refractivity contribution in [1.29, 1.82) is 0 Å². The smallest absolute Gasteiger partial charge is 0.437 e. The molecule has 2 atom stereocenters. The number of alkyl halides is 1. The van der Waals surface area contributed by atoms with Gasteiger partial charge in [0.05, 0.1) is 29.7 Å². The minimum atomic E-state index is -1.39. The molecule has 0 bridgehead atoms. The van der Waals surface area contributed by atoms with Crippen LogP contribution in [0.1, 0.15) is 22.6 Å². The maximum Gasteiger partial charge on any atom is 0.514 e. The van der Waals surface area contributed by atoms with E-state index in [9.17, 15) is 9.59 Å². The number of H-pyrrole nitrogens is 1. The lowest BCUT2D eigenvalue weighted by molar-refractivity contribution is 0.0894. The molecule has 4 N–H and O–H groups in total. The highest BCUT2D eigenvalue weighted by molar-refractivity contribution is 7.18. The van der Waals surface area contributed by atoms with Crippen LogP contribution in [0.5, 0.6) is 5.06 Å². The van der Waals surface area contributed by atoms with Crippen LogP contribution in [0.4, 0.5) is 19.4 Å². The van der Waals surface area contributed by atoms with Gasteiger partial charge in [0.1, 0.15) is 23.3 Å². The second kappa shape index (κ2) is 9.94. The molecule has 34 heavy (non-hydrogen) atoms. The highest BCUT2D eigenvalue weighted by atomic mass is 35.5. The van der Waals surface area contributed by atoms with Crippen molar-refractivity contribution in [2.75, 3.05) is 30.8 Å². The van der Waals surface area contributed by atoms with Crippen molar-refractivity contribution in [3.63, 3.8) is 0 Å². The van der Waals surface area contributed by atoms with Crippen molar-refractivity contribution < 1.29 is 23.5 Å². The number of halogens is 3. The molecule has 0 spiro atoms. The van der Waals surface area contributed by atoms with Gasteiger partial charge in [0.25, 0.3) is 5.91 Å². The number of hydrogen-bond acceptors (Lipinski definition) is 10. The van der Waals surface area contributed by atoms with Gasteiger partial charge in [-0.1, -0.05) is 34.5 Å². The van der Waals surface area contributed by atoms with Gasteiger partial charge in [-0.2, -0.15) is 0 Å². The topological polar surface area (TPSA) is 135 Å². The lowest BCUT2D eigenvalue weighted by atomic mass is 10.0. The number of anilines is 2. The number of amides is 1. The van der Waals surface area contributed by atoms with Gasteiger partial charge < -0.3 is 30.4 Å². The molecule has 3 aromatic rings. The van der Waals surface area contributed by atoms with Crippen LogP contribution < -0.4 is 20.7 Å². The minimum absolute atomic E-state index is 0.0347. The monoisotopic (exact) mass is 548 g/mol. The molecule has 3 aromatic heterocycles. The number of nitrogens with zero attached hydrogens (tertiary/aromatic N) is 3. The zero-order valence-corrected chi connectivity index (χ0v) is 21.0. The van der Waals surface area contributed by atoms with Crippen LogP contribution in [-0.4, -0.2) is 59.4 Å². The van der Waals surface area contributed by atoms with Crippen LogP contribution in [0.15, 0.2) is 5.38 Å². The summed E-state index contributed by atoms with van der Waals surface area (Å²) in [4.78, 5) is 37.5. The van der Waals surface area contributed by atoms with Crippen molar-refractivity contribution >= 4 is 68.2 Å². The highest BCUT2D eigenvalue weighted by Gasteiger charge is 2.34. The molecule has 0 saturated carbocycles. The second-order valence-electron chi connectivity index (χ2n) is 7.34. The molecular weight excluding hydrogens is 530 g/mol. The Kier molecular flexibility index (Phi) is 7.17. The Morgan fingerprint density at radius 1 is 1.35 bits per heavy atom. The lowest BCUT2D eigenvalue weighted by Gasteiger charge is -2.34. The van der Waals surface area contributed by atoms with Crippen molar-refractivity contribution in [1.82, 2.24) is 20.3 Å². The number of ether oxygens (including phenoxy) is 2. The van der Waals surface area contributed by atoms with Gasteiger partial charge in [0.15, 0.2) is 10.3 Å². The van der Waals surface area contributed by atoms with Crippen molar-refractivity contribution in [3.05, 3.63) is 26.8 Å². The van der Waals surface area contributed by atoms with Gasteiger partial charge in [-0.3, -0.25) is 4.79 Å². The quantitative estimate of drug-likeness (QED) is 0.402. The number of nitrogens with two attached hydrogens (primary N) is 1. The molecule has 182 valence electrons. The second-order valence-corrected chi connectivity index (χ2v) is 9.93. The maximum atomic E-state index is 15.1. The van der Waals surface area contributed by atoms with E-state index in [4.69, 9.17) is 33.7 Å². The number of carbonyl (C=O) groups is 2. The van der Waals surface area contributed by atoms with E-state index in [1.807, 2.05) is 0 Å². The summed E-state index contributed by atoms with van der Waals surface area (Å²) < 4.78 is 24.8. The summed E-state index contributed by atoms with van der Waals surface area (Å²) in [6.45, 7) is 2.04. The zero-order valence-electron chi connectivity index (χ0n) is 17.9. The van der Waals surface area contributed by atoms with E-state index < -0.39 is 24.3 Å². The number of aromatic amines is 1. The molecule has 1 amide bonds. The first-order valence-electron chi connectivity index (χ1n) is 9.89. The summed E-state index contributed by atoms with van der Waals surface area (Å²) in [6, 6.07) is -0.731. The highest BCUT2D eigenvalue weighted by Crippen LogP contribution is 2.41. The average molecular weight is 549 g/mol. The first kappa shape index (κ1) is 24.5. The number of methoxy groups -OCH3 is 1. The number of aromatic nitrogens is 3. The third kappa shape index (κ3) is 4.92. The summed E-state index contributed by atoms with van der Waals surface area (Å²) >= 11 is 14.4. The molecule has 4 rings (SSSR count). The Morgan fingerprint density at radius 3 is 2.71 bits per heavy atom. The van der Waals surface area contributed by atoms with E-state index in [1.165, 1.54) is 18.4 Å². The molecule has 0 aromatic carbocycles. The molecule has 15 heteroatoms. The maximum absolute atomic E-state index is 15.1. The Morgan fingerprint density at radius 2 is 2.12 bits per heavy atom. The van der Waals surface area contributed by atoms with Gasteiger partial charge >= 0.3 is 6.16 Å². The number of hydrogen-bond donors (Lipinski definition) is 3. The van der Waals surface area contributed by atoms with Crippen LogP contribution in [0.3, 0.4) is 0 Å². The third-order valence-corrected chi connectivity index (χ3v) is 7.72. The van der Waals surface area contributed by atoms with Gasteiger partial charge in [-0.15, -0.1) is 11.3 Å². The van der Waals surface area contributed by atoms with E-state index in [0.717, 1.165) is 11.3 Å². The standard InChI is InChI=1S/C19H19Cl2FN6O4S2/c1-7-11(20)12(21)14(24-7)15(29)25-9-3-4-28(5-8(9)22)18-27-13(10-6-33-17(23)26-10)16(34-18)32-19(30)31-2/h6,8-9,24H,3-5H2,1-2H3,(H2,23,26)(H,25,29)/t8-,9+/m0/s1. The Hall–Kier alpha value is -2.61. The summed E-state index contributed by atoms with van der Waals surface area (Å²) in [5, 5.41) is 5.63. The number of carbonyl (C=O) groups excluding carboxylic acids is 2. The third-order valence-electron chi connectivity index (χ3n) is 5.10. The number of aryl methyl sites for hydroxylation is 1. The average Bonchev–Trinajstić information content (AvgIpc) is 3.49. The first-order chi connectivity index (χ1) is 16.2. The molecule has 0 aliphatic carbocycles. The van der Waals surface area contributed by atoms with E-state index in [1.54, 1.807) is 17.2 Å². The number of rotatable bonds is 5. The molecule has 1 fully saturated rings. The number of thiazole rings is 2. The molecule has 1 saturated heterocycles. The fraction of sp³-hybridized carbons (Fsp3) is 0.368. The molecule has 1 aliphatic rings. The van der Waals surface area contributed by atoms with E-state index in [-0.39, 0.29) is 27.3 Å². The predicted octanol–water partition coefficient (Wildman–Crippen LogP) is 4.28. The Bertz CT molecular complexity index is 1230. The van der Waals surface area contributed by atoms with Gasteiger partial charge in [0, 0.05) is 17.6 Å². The SMILES string of the molecule is COC(=O)Oc1sc(N2CC[C@@H](NC(=O)c3[nH]c(C)c(Cl)c3Cl)[C@@H](F)C2)nc1-c1csc(N)n1. The fourth-order valence-corrected chi connectivity index (χ4v) is 5.30. The lowest BCUT2D eigenvalue weighted by Crippen LogP contribution is -2.52. The van der Waals surface area contributed by atoms with E-state index in [0.29, 0.717) is 40.3 Å². The van der Waals surface area contributed by atoms with Crippen molar-refractivity contribution in [3.8, 4) is 16.5 Å². The number of nitrogens with one attached hydrogen (secondary N) is 2. The molecule has 0 unspecified atom stereocenters. The molecule has 1 aliphatic heterocycles. The summed E-state index contributed by atoms with van der Waals surface area (Å²) in [5.41, 5.74) is 7.09. The van der Waals surface area contributed by atoms with E-state index in [2.05, 4.69) is 25.0 Å². The van der Waals surface area contributed by atoms with Crippen molar-refractivity contribution in [2.45, 2.75) is 25.6 Å². The van der Waals surface area contributed by atoms with Crippen LogP contribution >= 0.6 is 45.9 Å². The van der Waals surface area contributed by atoms with Gasteiger partial charge in [-0.05, 0) is 13.3 Å². The first-order valence-corrected chi connectivity index (χ1v) is 12.3. The molecule has 0 radical (unpaired) electrons. The minimum Gasteiger partial charge on any atom is -0.437 e. The summed E-state index contributed by atoms with van der Waals surface area (Å²) in [7, 11) is 1.19. The fourth-order valence-electron chi connectivity index (χ4n) is 3.39. The molecule has 4 heterocycles. The predicted molar refractivity (Wildman–Crippen MR) is 129 cm³/mol. The van der Waals surface area contributed by atoms with Crippen LogP contribution in [0, 0.1) is 6.92 Å². The number of piperidine rings is 1. The van der Waals surface area contributed by atoms with Gasteiger partial charge in [-0.25, -0.2) is 19.2 Å². The van der Waals surface area contributed by atoms with Crippen molar-refractivity contribution in [2.24, 2.45) is 0 Å². The Balaban J connectivity index is 1.48. The zero-order chi connectivity index (χ0) is 24.6. The molecular formula is C19H19Cl2FN6O4S2. The van der Waals surface area contributed by atoms with Crippen LogP contribution in [0.25, 0.3) is 11.4 Å². The van der Waals surface area contributed by atoms with Crippen LogP contribution in [0.2, 0.25) is 10.0 Å².